The number of nitrogens with one attached hydrogen (secondary N) is 1. The van der Waals surface area contributed by atoms with Gasteiger partial charge in [-0.15, -0.1) is 0 Å². The first-order valence-electron chi connectivity index (χ1n) is 7.39. The number of amides is 1. The molecule has 5 heteroatoms. The molecular formula is C15H24N4O. The maximum absolute atomic E-state index is 12.5. The Morgan fingerprint density at radius 3 is 2.95 bits per heavy atom. The Labute approximate surface area is 120 Å². The van der Waals surface area contributed by atoms with E-state index >= 15 is 0 Å². The van der Waals surface area contributed by atoms with E-state index in [1.807, 2.05) is 0 Å². The number of aromatic nitrogens is 2. The summed E-state index contributed by atoms with van der Waals surface area (Å²) in [4.78, 5) is 22.9. The molecule has 1 aromatic rings. The second-order valence-electron chi connectivity index (χ2n) is 5.67. The topological polar surface area (TPSA) is 58.1 Å². The molecule has 0 spiro atoms. The van der Waals surface area contributed by atoms with E-state index in [2.05, 4.69) is 41.2 Å². The summed E-state index contributed by atoms with van der Waals surface area (Å²) in [5.41, 5.74) is 1.47. The van der Waals surface area contributed by atoms with Gasteiger partial charge in [-0.25, -0.2) is 9.97 Å². The highest BCUT2D eigenvalue weighted by atomic mass is 16.1. The Kier molecular flexibility index (Phi) is 5.06. The van der Waals surface area contributed by atoms with Crippen LogP contribution in [0.2, 0.25) is 0 Å². The summed E-state index contributed by atoms with van der Waals surface area (Å²) in [6, 6.07) is 0.658. The van der Waals surface area contributed by atoms with Crippen LogP contribution in [0.15, 0.2) is 12.5 Å². The minimum Gasteiger partial charge on any atom is -0.348 e. The van der Waals surface area contributed by atoms with Gasteiger partial charge in [-0.05, 0) is 39.8 Å². The van der Waals surface area contributed by atoms with E-state index in [1.54, 1.807) is 6.20 Å². The van der Waals surface area contributed by atoms with Crippen molar-refractivity contribution in [2.75, 3.05) is 14.1 Å². The average Bonchev–Trinajstić information content (AvgIpc) is 2.88. The summed E-state index contributed by atoms with van der Waals surface area (Å²) in [7, 11) is 4.15. The van der Waals surface area contributed by atoms with Crippen LogP contribution in [0, 0.1) is 0 Å². The average molecular weight is 276 g/mol. The molecule has 0 bridgehead atoms. The molecule has 0 aromatic carbocycles. The Bertz CT molecular complexity index is 461. The van der Waals surface area contributed by atoms with Gasteiger partial charge >= 0.3 is 0 Å². The standard InChI is InChI=1S/C15H24N4O/c1-4-6-12-11(9-16-10-17-12)15(20)18-13-7-5-8-14(13)19(2)3/h9-10,13-14H,4-8H2,1-3H3,(H,18,20)/t13-,14-/m1/s1. The summed E-state index contributed by atoms with van der Waals surface area (Å²) in [5, 5.41) is 3.16. The molecule has 0 saturated heterocycles. The SMILES string of the molecule is CCCc1ncncc1C(=O)N[C@@H]1CCC[C@H]1N(C)C. The lowest BCUT2D eigenvalue weighted by Gasteiger charge is -2.27. The highest BCUT2D eigenvalue weighted by Crippen LogP contribution is 2.23. The van der Waals surface area contributed by atoms with Gasteiger partial charge in [-0.1, -0.05) is 13.3 Å². The quantitative estimate of drug-likeness (QED) is 0.888. The number of rotatable bonds is 5. The van der Waals surface area contributed by atoms with Crippen molar-refractivity contribution in [1.82, 2.24) is 20.2 Å². The fraction of sp³-hybridized carbons (Fsp3) is 0.667. The minimum absolute atomic E-state index is 0.0344. The zero-order chi connectivity index (χ0) is 14.5. The van der Waals surface area contributed by atoms with E-state index in [-0.39, 0.29) is 11.9 Å². The molecule has 1 aliphatic rings. The predicted molar refractivity (Wildman–Crippen MR) is 78.6 cm³/mol. The normalized spacial score (nSPS) is 22.2. The Morgan fingerprint density at radius 1 is 1.45 bits per heavy atom. The molecule has 1 heterocycles. The molecule has 1 aliphatic carbocycles. The lowest BCUT2D eigenvalue weighted by atomic mass is 10.1. The maximum Gasteiger partial charge on any atom is 0.254 e. The molecule has 1 fully saturated rings. The summed E-state index contributed by atoms with van der Waals surface area (Å²) < 4.78 is 0. The summed E-state index contributed by atoms with van der Waals surface area (Å²) >= 11 is 0. The fourth-order valence-corrected chi connectivity index (χ4v) is 2.95. The van der Waals surface area contributed by atoms with Crippen molar-refractivity contribution >= 4 is 5.91 Å². The van der Waals surface area contributed by atoms with E-state index in [1.165, 1.54) is 12.7 Å². The zero-order valence-electron chi connectivity index (χ0n) is 12.6. The van der Waals surface area contributed by atoms with Crippen LogP contribution >= 0.6 is 0 Å². The second kappa shape index (κ2) is 6.79. The van der Waals surface area contributed by atoms with Crippen LogP contribution in [-0.4, -0.2) is 47.0 Å². The predicted octanol–water partition coefficient (Wildman–Crippen LogP) is 1.64. The van der Waals surface area contributed by atoms with Gasteiger partial charge in [-0.3, -0.25) is 4.79 Å². The summed E-state index contributed by atoms with van der Waals surface area (Å²) in [6.45, 7) is 2.09. The van der Waals surface area contributed by atoms with Crippen LogP contribution in [0.3, 0.4) is 0 Å². The molecule has 20 heavy (non-hydrogen) atoms. The third-order valence-corrected chi connectivity index (χ3v) is 3.99. The molecule has 1 amide bonds. The third-order valence-electron chi connectivity index (χ3n) is 3.99. The van der Waals surface area contributed by atoms with Crippen molar-refractivity contribution in [2.24, 2.45) is 0 Å². The Balaban J connectivity index is 2.08. The highest BCUT2D eigenvalue weighted by molar-refractivity contribution is 5.95. The number of hydrogen-bond donors (Lipinski definition) is 1. The summed E-state index contributed by atoms with van der Waals surface area (Å²) in [5.74, 6) is -0.0344. The first-order valence-corrected chi connectivity index (χ1v) is 7.39. The van der Waals surface area contributed by atoms with Crippen LogP contribution in [0.5, 0.6) is 0 Å². The number of carbonyl (C=O) groups excluding carboxylic acids is 1. The Morgan fingerprint density at radius 2 is 2.25 bits per heavy atom. The number of carbonyl (C=O) groups is 1. The molecule has 110 valence electrons. The molecule has 0 unspecified atom stereocenters. The monoisotopic (exact) mass is 276 g/mol. The first-order chi connectivity index (χ1) is 9.63. The van der Waals surface area contributed by atoms with Gasteiger partial charge in [0, 0.05) is 18.3 Å². The maximum atomic E-state index is 12.5. The van der Waals surface area contributed by atoms with Gasteiger partial charge in [0.05, 0.1) is 11.3 Å². The third kappa shape index (κ3) is 3.33. The fourth-order valence-electron chi connectivity index (χ4n) is 2.95. The first kappa shape index (κ1) is 14.9. The summed E-state index contributed by atoms with van der Waals surface area (Å²) in [6.07, 6.45) is 8.29. The van der Waals surface area contributed by atoms with Gasteiger partial charge in [0.2, 0.25) is 0 Å². The number of aryl methyl sites for hydroxylation is 1. The Hall–Kier alpha value is -1.49. The molecular weight excluding hydrogens is 252 g/mol. The lowest BCUT2D eigenvalue weighted by molar-refractivity contribution is 0.0917. The number of nitrogens with zero attached hydrogens (tertiary/aromatic N) is 3. The van der Waals surface area contributed by atoms with Crippen LogP contribution in [0.4, 0.5) is 0 Å². The van der Waals surface area contributed by atoms with E-state index in [4.69, 9.17) is 0 Å². The van der Waals surface area contributed by atoms with Crippen molar-refractivity contribution in [1.29, 1.82) is 0 Å². The molecule has 0 radical (unpaired) electrons. The van der Waals surface area contributed by atoms with Crippen molar-refractivity contribution in [3.63, 3.8) is 0 Å². The van der Waals surface area contributed by atoms with Crippen molar-refractivity contribution < 1.29 is 4.79 Å². The van der Waals surface area contributed by atoms with Crippen LogP contribution in [-0.2, 0) is 6.42 Å². The van der Waals surface area contributed by atoms with Crippen LogP contribution in [0.25, 0.3) is 0 Å². The molecule has 1 saturated carbocycles. The minimum atomic E-state index is -0.0344. The van der Waals surface area contributed by atoms with E-state index in [0.29, 0.717) is 11.6 Å². The van der Waals surface area contributed by atoms with Crippen molar-refractivity contribution in [2.45, 2.75) is 51.1 Å². The van der Waals surface area contributed by atoms with E-state index in [9.17, 15) is 4.79 Å². The van der Waals surface area contributed by atoms with Crippen LogP contribution in [0.1, 0.15) is 48.7 Å². The highest BCUT2D eigenvalue weighted by Gasteiger charge is 2.30. The van der Waals surface area contributed by atoms with Crippen molar-refractivity contribution in [3.8, 4) is 0 Å². The van der Waals surface area contributed by atoms with Gasteiger partial charge < -0.3 is 10.2 Å². The molecule has 1 aromatic heterocycles. The van der Waals surface area contributed by atoms with Gasteiger partial charge in [0.1, 0.15) is 6.33 Å². The van der Waals surface area contributed by atoms with Crippen LogP contribution < -0.4 is 5.32 Å². The number of hydrogen-bond acceptors (Lipinski definition) is 4. The largest absolute Gasteiger partial charge is 0.348 e. The molecule has 2 rings (SSSR count). The van der Waals surface area contributed by atoms with E-state index < -0.39 is 0 Å². The molecule has 5 nitrogen and oxygen atoms in total. The molecule has 1 N–H and O–H groups in total. The van der Waals surface area contributed by atoms with Crippen molar-refractivity contribution in [3.05, 3.63) is 23.8 Å². The zero-order valence-corrected chi connectivity index (χ0v) is 12.6. The lowest BCUT2D eigenvalue weighted by Crippen LogP contribution is -2.46. The molecule has 0 aliphatic heterocycles. The molecule has 2 atom stereocenters. The second-order valence-corrected chi connectivity index (χ2v) is 5.67. The van der Waals surface area contributed by atoms with Gasteiger partial charge in [0.25, 0.3) is 5.91 Å². The smallest absolute Gasteiger partial charge is 0.254 e. The van der Waals surface area contributed by atoms with Gasteiger partial charge in [0.15, 0.2) is 0 Å². The van der Waals surface area contributed by atoms with E-state index in [0.717, 1.165) is 31.4 Å². The van der Waals surface area contributed by atoms with Gasteiger partial charge in [-0.2, -0.15) is 0 Å². The number of likely N-dealkylation sites (N-methyl/N-ethyl adjacent to an activating group) is 1.